The minimum Gasteiger partial charge on any atom is -0.391 e. The maximum atomic E-state index is 9.57. The maximum absolute atomic E-state index is 9.57. The lowest BCUT2D eigenvalue weighted by Crippen LogP contribution is -2.15. The Morgan fingerprint density at radius 2 is 2.33 bits per heavy atom. The minimum absolute atomic E-state index is 0.184. The molecule has 1 fully saturated rings. The van der Waals surface area contributed by atoms with E-state index < -0.39 is 0 Å². The van der Waals surface area contributed by atoms with Gasteiger partial charge in [0.2, 0.25) is 0 Å². The molecule has 2 nitrogen and oxygen atoms in total. The summed E-state index contributed by atoms with van der Waals surface area (Å²) in [6, 6.07) is 0. The van der Waals surface area contributed by atoms with E-state index in [2.05, 4.69) is 5.32 Å². The molecule has 66 valence electrons. The van der Waals surface area contributed by atoms with Gasteiger partial charge in [-0.25, -0.2) is 0 Å². The first kappa shape index (κ1) is 8.51. The van der Waals surface area contributed by atoms with Crippen molar-refractivity contribution in [3.63, 3.8) is 0 Å². The molecule has 2 atom stereocenters. The third-order valence-corrected chi connectivity index (χ3v) is 3.44. The summed E-state index contributed by atoms with van der Waals surface area (Å²) in [6.07, 6.45) is -0.280. The van der Waals surface area contributed by atoms with Crippen LogP contribution in [0.4, 0.5) is 0 Å². The highest BCUT2D eigenvalue weighted by molar-refractivity contribution is 7.08. The second kappa shape index (κ2) is 3.34. The molecule has 1 aliphatic rings. The van der Waals surface area contributed by atoms with Gasteiger partial charge >= 0.3 is 0 Å². The largest absolute Gasteiger partial charge is 0.391 e. The van der Waals surface area contributed by atoms with Gasteiger partial charge in [0.05, 0.1) is 11.1 Å². The molecule has 12 heavy (non-hydrogen) atoms. The number of hydrogen-bond donors (Lipinski definition) is 2. The standard InChI is InChI=1S/C8H10ClNOS/c9-7-4-12-3-6(7)5-1-10-2-8(5)11/h3-5,8,10-11H,1-2H2. The first-order valence-electron chi connectivity index (χ1n) is 3.89. The third kappa shape index (κ3) is 1.38. The van der Waals surface area contributed by atoms with E-state index in [0.717, 1.165) is 17.1 Å². The van der Waals surface area contributed by atoms with E-state index in [1.807, 2.05) is 10.8 Å². The highest BCUT2D eigenvalue weighted by Gasteiger charge is 2.28. The van der Waals surface area contributed by atoms with Crippen LogP contribution in [-0.2, 0) is 0 Å². The molecule has 1 saturated heterocycles. The summed E-state index contributed by atoms with van der Waals surface area (Å²) in [5.74, 6) is 0.184. The zero-order chi connectivity index (χ0) is 8.55. The van der Waals surface area contributed by atoms with Crippen molar-refractivity contribution in [2.24, 2.45) is 0 Å². The summed E-state index contributed by atoms with van der Waals surface area (Å²) < 4.78 is 0. The van der Waals surface area contributed by atoms with Crippen LogP contribution in [0.25, 0.3) is 0 Å². The summed E-state index contributed by atoms with van der Waals surface area (Å²) in [4.78, 5) is 0. The van der Waals surface area contributed by atoms with Crippen molar-refractivity contribution in [2.75, 3.05) is 13.1 Å². The second-order valence-electron chi connectivity index (χ2n) is 3.01. The molecule has 2 rings (SSSR count). The van der Waals surface area contributed by atoms with E-state index in [-0.39, 0.29) is 12.0 Å². The Morgan fingerprint density at radius 1 is 1.50 bits per heavy atom. The van der Waals surface area contributed by atoms with Crippen molar-refractivity contribution in [3.8, 4) is 0 Å². The number of aliphatic hydroxyl groups is 1. The van der Waals surface area contributed by atoms with Gasteiger partial charge in [-0.05, 0) is 10.9 Å². The van der Waals surface area contributed by atoms with Gasteiger partial charge in [-0.1, -0.05) is 11.6 Å². The van der Waals surface area contributed by atoms with Gasteiger partial charge in [0, 0.05) is 24.4 Å². The highest BCUT2D eigenvalue weighted by Crippen LogP contribution is 2.31. The number of halogens is 1. The monoisotopic (exact) mass is 203 g/mol. The zero-order valence-electron chi connectivity index (χ0n) is 6.46. The van der Waals surface area contributed by atoms with Gasteiger partial charge in [0.15, 0.2) is 0 Å². The van der Waals surface area contributed by atoms with Gasteiger partial charge in [-0.15, -0.1) is 0 Å². The van der Waals surface area contributed by atoms with Crippen molar-refractivity contribution < 1.29 is 5.11 Å². The average molecular weight is 204 g/mol. The van der Waals surface area contributed by atoms with Crippen LogP contribution in [0.3, 0.4) is 0 Å². The quantitative estimate of drug-likeness (QED) is 0.724. The number of aliphatic hydroxyl groups excluding tert-OH is 1. The maximum Gasteiger partial charge on any atom is 0.0746 e. The fourth-order valence-corrected chi connectivity index (χ4v) is 2.72. The fraction of sp³-hybridized carbons (Fsp3) is 0.500. The molecule has 2 unspecified atom stereocenters. The molecule has 0 aromatic carbocycles. The van der Waals surface area contributed by atoms with Gasteiger partial charge in [0.25, 0.3) is 0 Å². The number of β-amino-alcohol motifs (C(OH)–C–C–N with tert-alkyl or cyclic N) is 1. The van der Waals surface area contributed by atoms with Crippen LogP contribution >= 0.6 is 22.9 Å². The molecule has 0 radical (unpaired) electrons. The van der Waals surface area contributed by atoms with Gasteiger partial charge < -0.3 is 10.4 Å². The van der Waals surface area contributed by atoms with Crippen LogP contribution in [0, 0.1) is 0 Å². The topological polar surface area (TPSA) is 32.3 Å². The molecule has 0 saturated carbocycles. The van der Waals surface area contributed by atoms with Crippen LogP contribution in [0.1, 0.15) is 11.5 Å². The van der Waals surface area contributed by atoms with E-state index >= 15 is 0 Å². The molecule has 2 N–H and O–H groups in total. The number of thiophene rings is 1. The lowest BCUT2D eigenvalue weighted by molar-refractivity contribution is 0.178. The van der Waals surface area contributed by atoms with Crippen molar-refractivity contribution in [1.29, 1.82) is 0 Å². The number of rotatable bonds is 1. The first-order valence-corrected chi connectivity index (χ1v) is 5.21. The van der Waals surface area contributed by atoms with E-state index in [1.165, 1.54) is 0 Å². The van der Waals surface area contributed by atoms with Crippen molar-refractivity contribution in [2.45, 2.75) is 12.0 Å². The summed E-state index contributed by atoms with van der Waals surface area (Å²) >= 11 is 7.54. The summed E-state index contributed by atoms with van der Waals surface area (Å²) in [7, 11) is 0. The Labute approximate surface area is 80.2 Å². The van der Waals surface area contributed by atoms with Crippen molar-refractivity contribution >= 4 is 22.9 Å². The lowest BCUT2D eigenvalue weighted by atomic mass is 9.99. The van der Waals surface area contributed by atoms with E-state index in [1.54, 1.807) is 11.3 Å². The molecule has 4 heteroatoms. The molecule has 2 heterocycles. The molecule has 0 aliphatic carbocycles. The second-order valence-corrected chi connectivity index (χ2v) is 4.16. The smallest absolute Gasteiger partial charge is 0.0746 e. The summed E-state index contributed by atoms with van der Waals surface area (Å²) in [5, 5.41) is 17.4. The first-order chi connectivity index (χ1) is 5.79. The number of hydrogen-bond acceptors (Lipinski definition) is 3. The average Bonchev–Trinajstić information content (AvgIpc) is 2.59. The predicted octanol–water partition coefficient (Wildman–Crippen LogP) is 1.45. The Hall–Kier alpha value is -0.0900. The molecular weight excluding hydrogens is 194 g/mol. The van der Waals surface area contributed by atoms with Crippen LogP contribution in [0.15, 0.2) is 10.8 Å². The normalized spacial score (nSPS) is 29.5. The van der Waals surface area contributed by atoms with Crippen LogP contribution in [-0.4, -0.2) is 24.3 Å². The molecule has 0 amide bonds. The van der Waals surface area contributed by atoms with Crippen LogP contribution < -0.4 is 5.32 Å². The van der Waals surface area contributed by atoms with Crippen LogP contribution in [0.2, 0.25) is 5.02 Å². The Morgan fingerprint density at radius 3 is 2.83 bits per heavy atom. The Balaban J connectivity index is 2.24. The van der Waals surface area contributed by atoms with Gasteiger partial charge in [-0.2, -0.15) is 11.3 Å². The van der Waals surface area contributed by atoms with E-state index in [9.17, 15) is 5.11 Å². The highest BCUT2D eigenvalue weighted by atomic mass is 35.5. The molecule has 0 spiro atoms. The summed E-state index contributed by atoms with van der Waals surface area (Å²) in [5.41, 5.74) is 1.08. The van der Waals surface area contributed by atoms with Crippen LogP contribution in [0.5, 0.6) is 0 Å². The van der Waals surface area contributed by atoms with E-state index in [4.69, 9.17) is 11.6 Å². The molecule has 0 bridgehead atoms. The minimum atomic E-state index is -0.280. The SMILES string of the molecule is OC1CNCC1c1cscc1Cl. The third-order valence-electron chi connectivity index (χ3n) is 2.22. The van der Waals surface area contributed by atoms with Gasteiger partial charge in [-0.3, -0.25) is 0 Å². The molecule has 1 aromatic heterocycles. The molecule has 1 aromatic rings. The van der Waals surface area contributed by atoms with E-state index in [0.29, 0.717) is 6.54 Å². The predicted molar refractivity (Wildman–Crippen MR) is 50.9 cm³/mol. The fourth-order valence-electron chi connectivity index (χ4n) is 1.54. The molecule has 1 aliphatic heterocycles. The van der Waals surface area contributed by atoms with Crippen molar-refractivity contribution in [3.05, 3.63) is 21.3 Å². The number of nitrogens with one attached hydrogen (secondary N) is 1. The molecular formula is C8H10ClNOS. The zero-order valence-corrected chi connectivity index (χ0v) is 8.03. The Bertz CT molecular complexity index is 276. The summed E-state index contributed by atoms with van der Waals surface area (Å²) in [6.45, 7) is 1.51. The van der Waals surface area contributed by atoms with Crippen molar-refractivity contribution in [1.82, 2.24) is 5.32 Å². The lowest BCUT2D eigenvalue weighted by Gasteiger charge is -2.11. The Kier molecular flexibility index (Phi) is 2.37. The van der Waals surface area contributed by atoms with Gasteiger partial charge in [0.1, 0.15) is 0 Å².